The van der Waals surface area contributed by atoms with Crippen LogP contribution in [0.25, 0.3) is 0 Å². The molecule has 2 rings (SSSR count). The Hall–Kier alpha value is -1.01. The highest BCUT2D eigenvalue weighted by Crippen LogP contribution is 2.08. The lowest BCUT2D eigenvalue weighted by molar-refractivity contribution is 0.0631. The first-order valence-electron chi connectivity index (χ1n) is 5.70. The molecule has 1 fully saturated rings. The van der Waals surface area contributed by atoms with Crippen LogP contribution in [0.2, 0.25) is 0 Å². The standard InChI is InChI=1S/C11H15BrN4O/c1-2-15-3-5-16(6-4-15)11(17)10-13-7-9(12)8-14-10/h7-8H,2-6H2,1H3. The summed E-state index contributed by atoms with van der Waals surface area (Å²) in [7, 11) is 0. The number of hydrogen-bond donors (Lipinski definition) is 0. The predicted octanol–water partition coefficient (Wildman–Crippen LogP) is 1.02. The van der Waals surface area contributed by atoms with Gasteiger partial charge in [-0.15, -0.1) is 0 Å². The zero-order valence-electron chi connectivity index (χ0n) is 9.77. The topological polar surface area (TPSA) is 49.3 Å². The fourth-order valence-electron chi connectivity index (χ4n) is 1.83. The van der Waals surface area contributed by atoms with Gasteiger partial charge < -0.3 is 9.80 Å². The van der Waals surface area contributed by atoms with Gasteiger partial charge in [0.25, 0.3) is 5.91 Å². The van der Waals surface area contributed by atoms with Crippen molar-refractivity contribution < 1.29 is 4.79 Å². The van der Waals surface area contributed by atoms with E-state index in [1.165, 1.54) is 0 Å². The Kier molecular flexibility index (Phi) is 4.06. The van der Waals surface area contributed by atoms with Crippen LogP contribution in [-0.4, -0.2) is 58.4 Å². The van der Waals surface area contributed by atoms with Crippen molar-refractivity contribution in [2.45, 2.75) is 6.92 Å². The fourth-order valence-corrected chi connectivity index (χ4v) is 2.04. The van der Waals surface area contributed by atoms with Crippen molar-refractivity contribution >= 4 is 21.8 Å². The van der Waals surface area contributed by atoms with E-state index in [2.05, 4.69) is 37.7 Å². The number of amides is 1. The van der Waals surface area contributed by atoms with Crippen molar-refractivity contribution in [3.63, 3.8) is 0 Å². The third kappa shape index (κ3) is 3.01. The van der Waals surface area contributed by atoms with Crippen LogP contribution in [0, 0.1) is 0 Å². The van der Waals surface area contributed by atoms with E-state index in [1.54, 1.807) is 12.4 Å². The van der Waals surface area contributed by atoms with Gasteiger partial charge in [-0.3, -0.25) is 4.79 Å². The molecule has 17 heavy (non-hydrogen) atoms. The van der Waals surface area contributed by atoms with Crippen LogP contribution in [0.1, 0.15) is 17.5 Å². The molecule has 1 aliphatic rings. The average Bonchev–Trinajstić information content (AvgIpc) is 2.39. The zero-order chi connectivity index (χ0) is 12.3. The summed E-state index contributed by atoms with van der Waals surface area (Å²) < 4.78 is 0.782. The van der Waals surface area contributed by atoms with Crippen LogP contribution in [0.15, 0.2) is 16.9 Å². The molecular weight excluding hydrogens is 284 g/mol. The van der Waals surface area contributed by atoms with Crippen LogP contribution in [0.3, 0.4) is 0 Å². The van der Waals surface area contributed by atoms with E-state index < -0.39 is 0 Å². The highest BCUT2D eigenvalue weighted by molar-refractivity contribution is 9.10. The highest BCUT2D eigenvalue weighted by Gasteiger charge is 2.22. The van der Waals surface area contributed by atoms with Crippen LogP contribution >= 0.6 is 15.9 Å². The first kappa shape index (κ1) is 12.4. The van der Waals surface area contributed by atoms with Crippen molar-refractivity contribution in [2.75, 3.05) is 32.7 Å². The van der Waals surface area contributed by atoms with Crippen molar-refractivity contribution in [1.29, 1.82) is 0 Å². The molecular formula is C11H15BrN4O. The van der Waals surface area contributed by atoms with E-state index >= 15 is 0 Å². The second-order valence-electron chi connectivity index (χ2n) is 3.95. The summed E-state index contributed by atoms with van der Waals surface area (Å²) in [6.45, 7) is 6.54. The number of aromatic nitrogens is 2. The summed E-state index contributed by atoms with van der Waals surface area (Å²) in [6.07, 6.45) is 3.20. The van der Waals surface area contributed by atoms with Crippen molar-refractivity contribution in [1.82, 2.24) is 19.8 Å². The molecule has 0 aromatic carbocycles. The molecule has 0 unspecified atom stereocenters. The predicted molar refractivity (Wildman–Crippen MR) is 67.7 cm³/mol. The Bertz CT molecular complexity index is 387. The summed E-state index contributed by atoms with van der Waals surface area (Å²) in [4.78, 5) is 24.3. The Balaban J connectivity index is 1.99. The normalized spacial score (nSPS) is 17.2. The van der Waals surface area contributed by atoms with Crippen molar-refractivity contribution in [3.05, 3.63) is 22.7 Å². The van der Waals surface area contributed by atoms with E-state index in [9.17, 15) is 4.79 Å². The zero-order valence-corrected chi connectivity index (χ0v) is 11.4. The van der Waals surface area contributed by atoms with Crippen LogP contribution in [0.4, 0.5) is 0 Å². The third-order valence-electron chi connectivity index (χ3n) is 2.92. The smallest absolute Gasteiger partial charge is 0.291 e. The first-order chi connectivity index (χ1) is 8.20. The number of likely N-dealkylation sites (N-methyl/N-ethyl adjacent to an activating group) is 1. The van der Waals surface area contributed by atoms with Gasteiger partial charge in [0.05, 0.1) is 4.47 Å². The second-order valence-corrected chi connectivity index (χ2v) is 4.87. The molecule has 0 bridgehead atoms. The SMILES string of the molecule is CCN1CCN(C(=O)c2ncc(Br)cn2)CC1. The van der Waals surface area contributed by atoms with E-state index in [-0.39, 0.29) is 11.7 Å². The van der Waals surface area contributed by atoms with Gasteiger partial charge in [0.1, 0.15) is 0 Å². The lowest BCUT2D eigenvalue weighted by atomic mass is 10.3. The number of rotatable bonds is 2. The molecule has 0 aliphatic carbocycles. The van der Waals surface area contributed by atoms with Crippen LogP contribution in [-0.2, 0) is 0 Å². The minimum Gasteiger partial charge on any atom is -0.333 e. The number of piperazine rings is 1. The Morgan fingerprint density at radius 1 is 1.29 bits per heavy atom. The molecule has 5 nitrogen and oxygen atoms in total. The number of hydrogen-bond acceptors (Lipinski definition) is 4. The fraction of sp³-hybridized carbons (Fsp3) is 0.545. The molecule has 6 heteroatoms. The van der Waals surface area contributed by atoms with E-state index in [0.29, 0.717) is 0 Å². The summed E-state index contributed by atoms with van der Waals surface area (Å²) >= 11 is 3.25. The summed E-state index contributed by atoms with van der Waals surface area (Å²) in [5.74, 6) is 0.200. The maximum Gasteiger partial charge on any atom is 0.291 e. The Labute approximate surface area is 109 Å². The van der Waals surface area contributed by atoms with Crippen molar-refractivity contribution in [3.8, 4) is 0 Å². The second kappa shape index (κ2) is 5.55. The van der Waals surface area contributed by atoms with Gasteiger partial charge in [-0.25, -0.2) is 9.97 Å². The largest absolute Gasteiger partial charge is 0.333 e. The van der Waals surface area contributed by atoms with Gasteiger partial charge in [0, 0.05) is 38.6 Å². The van der Waals surface area contributed by atoms with Crippen molar-refractivity contribution in [2.24, 2.45) is 0 Å². The Morgan fingerprint density at radius 3 is 2.41 bits per heavy atom. The van der Waals surface area contributed by atoms with Gasteiger partial charge in [0.15, 0.2) is 0 Å². The molecule has 0 saturated carbocycles. The molecule has 0 atom stereocenters. The van der Waals surface area contributed by atoms with Crippen LogP contribution in [0.5, 0.6) is 0 Å². The minimum atomic E-state index is -0.0757. The average molecular weight is 299 g/mol. The quantitative estimate of drug-likeness (QED) is 0.818. The molecule has 0 spiro atoms. The highest BCUT2D eigenvalue weighted by atomic mass is 79.9. The molecule has 2 heterocycles. The minimum absolute atomic E-state index is 0.0757. The van der Waals surface area contributed by atoms with Gasteiger partial charge in [0.2, 0.25) is 5.82 Å². The van der Waals surface area contributed by atoms with Gasteiger partial charge in [-0.05, 0) is 22.5 Å². The van der Waals surface area contributed by atoms with E-state index in [0.717, 1.165) is 37.2 Å². The first-order valence-corrected chi connectivity index (χ1v) is 6.49. The van der Waals surface area contributed by atoms with Crippen LogP contribution < -0.4 is 0 Å². The van der Waals surface area contributed by atoms with E-state index in [1.807, 2.05) is 4.90 Å². The maximum atomic E-state index is 12.1. The van der Waals surface area contributed by atoms with Gasteiger partial charge >= 0.3 is 0 Å². The Morgan fingerprint density at radius 2 is 1.88 bits per heavy atom. The monoisotopic (exact) mass is 298 g/mol. The van der Waals surface area contributed by atoms with E-state index in [4.69, 9.17) is 0 Å². The molecule has 92 valence electrons. The maximum absolute atomic E-state index is 12.1. The van der Waals surface area contributed by atoms with Gasteiger partial charge in [-0.1, -0.05) is 6.92 Å². The number of carbonyl (C=O) groups is 1. The summed E-state index contributed by atoms with van der Waals surface area (Å²) in [6, 6.07) is 0. The number of carbonyl (C=O) groups excluding carboxylic acids is 1. The molecule has 1 saturated heterocycles. The third-order valence-corrected chi connectivity index (χ3v) is 3.33. The molecule has 1 aromatic rings. The number of halogens is 1. The lowest BCUT2D eigenvalue weighted by Gasteiger charge is -2.33. The molecule has 1 aliphatic heterocycles. The lowest BCUT2D eigenvalue weighted by Crippen LogP contribution is -2.48. The number of nitrogens with zero attached hydrogens (tertiary/aromatic N) is 4. The molecule has 0 N–H and O–H groups in total. The molecule has 1 aromatic heterocycles. The summed E-state index contributed by atoms with van der Waals surface area (Å²) in [5, 5.41) is 0. The summed E-state index contributed by atoms with van der Waals surface area (Å²) in [5.41, 5.74) is 0. The molecule has 0 radical (unpaired) electrons. The van der Waals surface area contributed by atoms with Gasteiger partial charge in [-0.2, -0.15) is 0 Å². The molecule has 1 amide bonds.